The number of sulfonamides is 1. The minimum absolute atomic E-state index is 0.00146. The molecule has 4 nitrogen and oxygen atoms in total. The number of benzene rings is 1. The molecule has 0 radical (unpaired) electrons. The van der Waals surface area contributed by atoms with Crippen molar-refractivity contribution in [3.63, 3.8) is 0 Å². The van der Waals surface area contributed by atoms with Gasteiger partial charge in [0.25, 0.3) is 0 Å². The predicted octanol–water partition coefficient (Wildman–Crippen LogP) is 2.90. The lowest BCUT2D eigenvalue weighted by atomic mass is 10.1. The van der Waals surface area contributed by atoms with Crippen LogP contribution in [0.4, 0.5) is 5.69 Å². The van der Waals surface area contributed by atoms with E-state index in [9.17, 15) is 8.42 Å². The van der Waals surface area contributed by atoms with Gasteiger partial charge in [0.2, 0.25) is 10.0 Å². The smallest absolute Gasteiger partial charge is 0.240 e. The summed E-state index contributed by atoms with van der Waals surface area (Å²) in [6.07, 6.45) is 2.19. The number of anilines is 1. The fraction of sp³-hybridized carbons (Fsp3) is 0.538. The molecule has 1 atom stereocenters. The van der Waals surface area contributed by atoms with E-state index >= 15 is 0 Å². The van der Waals surface area contributed by atoms with E-state index in [4.69, 9.17) is 5.73 Å². The maximum atomic E-state index is 12.5. The first kappa shape index (κ1) is 16.1. The van der Waals surface area contributed by atoms with Crippen LogP contribution in [0.5, 0.6) is 0 Å². The lowest BCUT2D eigenvalue weighted by Gasteiger charge is -2.23. The van der Waals surface area contributed by atoms with E-state index < -0.39 is 10.0 Å². The highest BCUT2D eigenvalue weighted by atomic mass is 79.9. The summed E-state index contributed by atoms with van der Waals surface area (Å²) in [5.74, 6) is 1.10. The van der Waals surface area contributed by atoms with Crippen LogP contribution < -0.4 is 10.5 Å². The summed E-state index contributed by atoms with van der Waals surface area (Å²) in [6.45, 7) is 4.28. The van der Waals surface area contributed by atoms with Crippen LogP contribution in [0, 0.1) is 6.92 Å². The van der Waals surface area contributed by atoms with Crippen LogP contribution in [-0.2, 0) is 10.0 Å². The Morgan fingerprint density at radius 3 is 2.80 bits per heavy atom. The summed E-state index contributed by atoms with van der Waals surface area (Å²) in [5.41, 5.74) is 6.90. The molecule has 1 saturated heterocycles. The fourth-order valence-electron chi connectivity index (χ4n) is 2.26. The second kappa shape index (κ2) is 5.87. The molecular formula is C13H19BrN2O2S2. The van der Waals surface area contributed by atoms with Crippen molar-refractivity contribution < 1.29 is 8.42 Å². The summed E-state index contributed by atoms with van der Waals surface area (Å²) in [7, 11) is -3.53. The van der Waals surface area contributed by atoms with Crippen LogP contribution in [0.15, 0.2) is 21.5 Å². The van der Waals surface area contributed by atoms with Crippen LogP contribution >= 0.6 is 27.7 Å². The van der Waals surface area contributed by atoms with Gasteiger partial charge < -0.3 is 5.73 Å². The molecular weight excluding hydrogens is 360 g/mol. The molecule has 0 aliphatic carbocycles. The molecule has 0 amide bonds. The molecule has 0 aromatic heterocycles. The number of hydrogen-bond acceptors (Lipinski definition) is 4. The van der Waals surface area contributed by atoms with Crippen LogP contribution in [0.3, 0.4) is 0 Å². The monoisotopic (exact) mass is 378 g/mol. The van der Waals surface area contributed by atoms with E-state index in [-0.39, 0.29) is 9.64 Å². The van der Waals surface area contributed by atoms with E-state index in [2.05, 4.69) is 27.6 Å². The van der Waals surface area contributed by atoms with E-state index in [0.29, 0.717) is 22.3 Å². The van der Waals surface area contributed by atoms with Crippen molar-refractivity contribution in [1.29, 1.82) is 0 Å². The maximum Gasteiger partial charge on any atom is 0.240 e. The van der Waals surface area contributed by atoms with Crippen LogP contribution in [0.25, 0.3) is 0 Å². The normalized spacial score (nSPS) is 23.1. The molecule has 1 heterocycles. The Morgan fingerprint density at radius 1 is 1.50 bits per heavy atom. The van der Waals surface area contributed by atoms with Gasteiger partial charge in [-0.2, -0.15) is 11.8 Å². The SMILES string of the molecule is Cc1c(N)cc(Br)cc1S(=O)(=O)NCC1(C)CCCS1. The molecule has 7 heteroatoms. The molecule has 20 heavy (non-hydrogen) atoms. The average Bonchev–Trinajstić information content (AvgIpc) is 2.79. The highest BCUT2D eigenvalue weighted by Gasteiger charge is 2.31. The first-order valence-electron chi connectivity index (χ1n) is 6.43. The largest absolute Gasteiger partial charge is 0.398 e. The Morgan fingerprint density at radius 2 is 2.20 bits per heavy atom. The van der Waals surface area contributed by atoms with Gasteiger partial charge >= 0.3 is 0 Å². The molecule has 2 rings (SSSR count). The summed E-state index contributed by atoms with van der Waals surface area (Å²) < 4.78 is 28.3. The third-order valence-electron chi connectivity index (χ3n) is 3.59. The Bertz CT molecular complexity index is 611. The van der Waals surface area contributed by atoms with Gasteiger partial charge in [0.05, 0.1) is 4.90 Å². The lowest BCUT2D eigenvalue weighted by Crippen LogP contribution is -2.37. The molecule has 1 aliphatic rings. The zero-order chi connectivity index (χ0) is 15.0. The molecule has 0 bridgehead atoms. The van der Waals surface area contributed by atoms with Crippen LogP contribution in [-0.4, -0.2) is 25.5 Å². The first-order chi connectivity index (χ1) is 9.23. The first-order valence-corrected chi connectivity index (χ1v) is 9.69. The summed E-state index contributed by atoms with van der Waals surface area (Å²) in [6, 6.07) is 3.31. The molecule has 1 aromatic carbocycles. The van der Waals surface area contributed by atoms with E-state index in [0.717, 1.165) is 18.6 Å². The summed E-state index contributed by atoms with van der Waals surface area (Å²) >= 11 is 5.12. The number of thioether (sulfide) groups is 1. The zero-order valence-corrected chi connectivity index (χ0v) is 14.8. The van der Waals surface area contributed by atoms with Gasteiger partial charge in [0, 0.05) is 21.5 Å². The quantitative estimate of drug-likeness (QED) is 0.789. The van der Waals surface area contributed by atoms with Crippen molar-refractivity contribution in [3.8, 4) is 0 Å². The van der Waals surface area contributed by atoms with Crippen molar-refractivity contribution in [2.45, 2.75) is 36.3 Å². The van der Waals surface area contributed by atoms with E-state index in [1.54, 1.807) is 19.1 Å². The number of rotatable bonds is 4. The number of hydrogen-bond donors (Lipinski definition) is 2. The predicted molar refractivity (Wildman–Crippen MR) is 88.6 cm³/mol. The highest BCUT2D eigenvalue weighted by Crippen LogP contribution is 2.37. The Labute approximate surface area is 133 Å². The summed E-state index contributed by atoms with van der Waals surface area (Å²) in [5, 5.41) is 0. The van der Waals surface area contributed by atoms with E-state index in [1.807, 2.05) is 11.8 Å². The Balaban J connectivity index is 2.22. The molecule has 1 unspecified atom stereocenters. The van der Waals surface area contributed by atoms with Crippen molar-refractivity contribution in [2.75, 3.05) is 18.0 Å². The number of nitrogen functional groups attached to an aromatic ring is 1. The van der Waals surface area contributed by atoms with Crippen molar-refractivity contribution in [3.05, 3.63) is 22.2 Å². The van der Waals surface area contributed by atoms with Gasteiger partial charge in [-0.3, -0.25) is 0 Å². The van der Waals surface area contributed by atoms with Gasteiger partial charge in [0.1, 0.15) is 0 Å². The number of halogens is 1. The second-order valence-corrected chi connectivity index (χ2v) is 9.68. The Hall–Kier alpha value is -0.240. The minimum Gasteiger partial charge on any atom is -0.398 e. The topological polar surface area (TPSA) is 72.2 Å². The zero-order valence-electron chi connectivity index (χ0n) is 11.6. The Kier molecular flexibility index (Phi) is 4.73. The molecule has 0 spiro atoms. The molecule has 3 N–H and O–H groups in total. The second-order valence-electron chi connectivity index (χ2n) is 5.34. The standard InChI is InChI=1S/C13H19BrN2O2S2/c1-9-11(15)6-10(14)7-12(9)20(17,18)16-8-13(2)4-3-5-19-13/h6-7,16H,3-5,8,15H2,1-2H3. The fourth-order valence-corrected chi connectivity index (χ4v) is 5.69. The van der Waals surface area contributed by atoms with Gasteiger partial charge in [0.15, 0.2) is 0 Å². The number of nitrogens with two attached hydrogens (primary N) is 1. The van der Waals surface area contributed by atoms with Crippen LogP contribution in [0.2, 0.25) is 0 Å². The van der Waals surface area contributed by atoms with E-state index in [1.165, 1.54) is 0 Å². The average molecular weight is 379 g/mol. The van der Waals surface area contributed by atoms with Gasteiger partial charge in [-0.25, -0.2) is 13.1 Å². The molecule has 112 valence electrons. The van der Waals surface area contributed by atoms with Crippen molar-refractivity contribution in [1.82, 2.24) is 4.72 Å². The van der Waals surface area contributed by atoms with Crippen molar-refractivity contribution in [2.24, 2.45) is 0 Å². The van der Waals surface area contributed by atoms with Gasteiger partial charge in [-0.1, -0.05) is 15.9 Å². The highest BCUT2D eigenvalue weighted by molar-refractivity contribution is 9.10. The third kappa shape index (κ3) is 3.50. The van der Waals surface area contributed by atoms with Gasteiger partial charge in [-0.05, 0) is 50.1 Å². The third-order valence-corrected chi connectivity index (χ3v) is 7.11. The lowest BCUT2D eigenvalue weighted by molar-refractivity contribution is 0.552. The molecule has 1 aromatic rings. The molecule has 1 fully saturated rings. The molecule has 0 saturated carbocycles. The summed E-state index contributed by atoms with van der Waals surface area (Å²) in [4.78, 5) is 0.246. The number of nitrogens with one attached hydrogen (secondary N) is 1. The minimum atomic E-state index is -3.53. The van der Waals surface area contributed by atoms with Crippen molar-refractivity contribution >= 4 is 43.4 Å². The maximum absolute atomic E-state index is 12.5. The van der Waals surface area contributed by atoms with Gasteiger partial charge in [-0.15, -0.1) is 0 Å². The molecule has 1 aliphatic heterocycles. The van der Waals surface area contributed by atoms with Crippen LogP contribution in [0.1, 0.15) is 25.3 Å².